The average molecular weight is 238 g/mol. The zero-order valence-electron chi connectivity index (χ0n) is 9.45. The van der Waals surface area contributed by atoms with Crippen molar-refractivity contribution in [3.05, 3.63) is 35.4 Å². The number of hydrogen-bond donors (Lipinski definition) is 0. The molecular weight excluding hydrogens is 222 g/mol. The Morgan fingerprint density at radius 3 is 3.00 bits per heavy atom. The molecule has 1 aliphatic rings. The summed E-state index contributed by atoms with van der Waals surface area (Å²) in [7, 11) is 0. The highest BCUT2D eigenvalue weighted by Gasteiger charge is 2.25. The predicted octanol–water partition coefficient (Wildman–Crippen LogP) is 3.05. The SMILES string of the molecule is CC1CCCN1C(=O)c1cccc(CCl)c1. The van der Waals surface area contributed by atoms with E-state index in [9.17, 15) is 4.79 Å². The molecule has 0 saturated carbocycles. The molecule has 0 aliphatic carbocycles. The highest BCUT2D eigenvalue weighted by atomic mass is 35.5. The van der Waals surface area contributed by atoms with Crippen LogP contribution in [0.1, 0.15) is 35.7 Å². The van der Waals surface area contributed by atoms with Crippen LogP contribution < -0.4 is 0 Å². The van der Waals surface area contributed by atoms with E-state index in [1.807, 2.05) is 29.2 Å². The fourth-order valence-electron chi connectivity index (χ4n) is 2.19. The number of carbonyl (C=O) groups is 1. The monoisotopic (exact) mass is 237 g/mol. The molecule has 3 heteroatoms. The fraction of sp³-hybridized carbons (Fsp3) is 0.462. The molecule has 1 unspecified atom stereocenters. The van der Waals surface area contributed by atoms with E-state index in [2.05, 4.69) is 6.92 Å². The van der Waals surface area contributed by atoms with E-state index >= 15 is 0 Å². The smallest absolute Gasteiger partial charge is 0.254 e. The number of hydrogen-bond acceptors (Lipinski definition) is 1. The Morgan fingerprint density at radius 1 is 1.56 bits per heavy atom. The van der Waals surface area contributed by atoms with Crippen molar-refractivity contribution in [2.45, 2.75) is 31.7 Å². The van der Waals surface area contributed by atoms with Gasteiger partial charge in [0.05, 0.1) is 0 Å². The molecule has 1 aromatic rings. The van der Waals surface area contributed by atoms with Crippen molar-refractivity contribution in [2.24, 2.45) is 0 Å². The van der Waals surface area contributed by atoms with Crippen molar-refractivity contribution in [3.63, 3.8) is 0 Å². The van der Waals surface area contributed by atoms with E-state index in [0.29, 0.717) is 11.9 Å². The second-order valence-electron chi connectivity index (χ2n) is 4.32. The molecule has 0 aromatic heterocycles. The number of halogens is 1. The van der Waals surface area contributed by atoms with Crippen LogP contribution in [0.15, 0.2) is 24.3 Å². The van der Waals surface area contributed by atoms with Gasteiger partial charge in [-0.2, -0.15) is 0 Å². The van der Waals surface area contributed by atoms with E-state index in [1.54, 1.807) is 0 Å². The number of rotatable bonds is 2. The topological polar surface area (TPSA) is 20.3 Å². The maximum Gasteiger partial charge on any atom is 0.254 e. The van der Waals surface area contributed by atoms with Crippen molar-refractivity contribution in [1.29, 1.82) is 0 Å². The lowest BCUT2D eigenvalue weighted by molar-refractivity contribution is 0.0747. The molecule has 0 spiro atoms. The Morgan fingerprint density at radius 2 is 2.38 bits per heavy atom. The van der Waals surface area contributed by atoms with Crippen molar-refractivity contribution >= 4 is 17.5 Å². The number of alkyl halides is 1. The Hall–Kier alpha value is -1.02. The third-order valence-corrected chi connectivity index (χ3v) is 3.45. The van der Waals surface area contributed by atoms with Gasteiger partial charge in [0, 0.05) is 24.0 Å². The van der Waals surface area contributed by atoms with Crippen molar-refractivity contribution in [3.8, 4) is 0 Å². The van der Waals surface area contributed by atoms with Crippen LogP contribution in [0, 0.1) is 0 Å². The van der Waals surface area contributed by atoms with E-state index in [4.69, 9.17) is 11.6 Å². The van der Waals surface area contributed by atoms with Gasteiger partial charge < -0.3 is 4.90 Å². The summed E-state index contributed by atoms with van der Waals surface area (Å²) in [5.41, 5.74) is 1.76. The zero-order valence-corrected chi connectivity index (χ0v) is 10.2. The standard InChI is InChI=1S/C13H16ClNO/c1-10-4-3-7-15(10)13(16)12-6-2-5-11(8-12)9-14/h2,5-6,8,10H,3-4,7,9H2,1H3. The minimum atomic E-state index is 0.136. The molecule has 1 saturated heterocycles. The minimum absolute atomic E-state index is 0.136. The molecule has 0 N–H and O–H groups in total. The Balaban J connectivity index is 2.19. The number of carbonyl (C=O) groups excluding carboxylic acids is 1. The normalized spacial score (nSPS) is 20.1. The van der Waals surface area contributed by atoms with Gasteiger partial charge in [0.1, 0.15) is 0 Å². The fourth-order valence-corrected chi connectivity index (χ4v) is 2.35. The number of benzene rings is 1. The van der Waals surface area contributed by atoms with Gasteiger partial charge in [-0.3, -0.25) is 4.79 Å². The summed E-state index contributed by atoms with van der Waals surface area (Å²) in [4.78, 5) is 14.2. The average Bonchev–Trinajstić information content (AvgIpc) is 2.74. The largest absolute Gasteiger partial charge is 0.336 e. The molecule has 1 amide bonds. The number of likely N-dealkylation sites (tertiary alicyclic amines) is 1. The molecular formula is C13H16ClNO. The Kier molecular flexibility index (Phi) is 3.49. The number of nitrogens with zero attached hydrogens (tertiary/aromatic N) is 1. The highest BCUT2D eigenvalue weighted by Crippen LogP contribution is 2.20. The maximum absolute atomic E-state index is 12.2. The summed E-state index contributed by atoms with van der Waals surface area (Å²) in [6.45, 7) is 2.99. The van der Waals surface area contributed by atoms with Gasteiger partial charge in [0.25, 0.3) is 5.91 Å². The molecule has 1 aliphatic heterocycles. The number of amides is 1. The van der Waals surface area contributed by atoms with Crippen LogP contribution >= 0.6 is 11.6 Å². The van der Waals surface area contributed by atoms with E-state index in [0.717, 1.165) is 30.5 Å². The van der Waals surface area contributed by atoms with Gasteiger partial charge >= 0.3 is 0 Å². The first-order chi connectivity index (χ1) is 7.72. The summed E-state index contributed by atoms with van der Waals surface area (Å²) >= 11 is 5.77. The molecule has 1 fully saturated rings. The zero-order chi connectivity index (χ0) is 11.5. The lowest BCUT2D eigenvalue weighted by Crippen LogP contribution is -2.33. The van der Waals surface area contributed by atoms with Crippen LogP contribution in [0.3, 0.4) is 0 Å². The third kappa shape index (κ3) is 2.22. The Labute approximate surface area is 101 Å². The first-order valence-corrected chi connectivity index (χ1v) is 6.21. The highest BCUT2D eigenvalue weighted by molar-refractivity contribution is 6.17. The molecule has 86 valence electrons. The molecule has 16 heavy (non-hydrogen) atoms. The van der Waals surface area contributed by atoms with Crippen LogP contribution in [-0.4, -0.2) is 23.4 Å². The Bertz CT molecular complexity index is 391. The maximum atomic E-state index is 12.2. The van der Waals surface area contributed by atoms with Crippen molar-refractivity contribution in [1.82, 2.24) is 4.90 Å². The third-order valence-electron chi connectivity index (χ3n) is 3.14. The second kappa shape index (κ2) is 4.88. The van der Waals surface area contributed by atoms with Crippen molar-refractivity contribution in [2.75, 3.05) is 6.54 Å². The molecule has 0 bridgehead atoms. The summed E-state index contributed by atoms with van der Waals surface area (Å²) in [5.74, 6) is 0.591. The van der Waals surface area contributed by atoms with Crippen LogP contribution in [-0.2, 0) is 5.88 Å². The van der Waals surface area contributed by atoms with Gasteiger partial charge in [-0.15, -0.1) is 11.6 Å². The van der Waals surface area contributed by atoms with Crippen LogP contribution in [0.5, 0.6) is 0 Å². The van der Waals surface area contributed by atoms with Gasteiger partial charge in [-0.1, -0.05) is 12.1 Å². The van der Waals surface area contributed by atoms with Gasteiger partial charge in [-0.05, 0) is 37.5 Å². The summed E-state index contributed by atoms with van der Waals surface area (Å²) in [6, 6.07) is 7.96. The molecule has 1 aromatic carbocycles. The summed E-state index contributed by atoms with van der Waals surface area (Å²) in [6.07, 6.45) is 2.23. The molecule has 0 radical (unpaired) electrons. The second-order valence-corrected chi connectivity index (χ2v) is 4.59. The first-order valence-electron chi connectivity index (χ1n) is 5.68. The summed E-state index contributed by atoms with van der Waals surface area (Å²) in [5, 5.41) is 0. The van der Waals surface area contributed by atoms with E-state index in [1.165, 1.54) is 0 Å². The minimum Gasteiger partial charge on any atom is -0.336 e. The van der Waals surface area contributed by atoms with E-state index in [-0.39, 0.29) is 5.91 Å². The van der Waals surface area contributed by atoms with Gasteiger partial charge in [-0.25, -0.2) is 0 Å². The lowest BCUT2D eigenvalue weighted by Gasteiger charge is -2.21. The lowest BCUT2D eigenvalue weighted by atomic mass is 10.1. The van der Waals surface area contributed by atoms with Crippen molar-refractivity contribution < 1.29 is 4.79 Å². The molecule has 2 nitrogen and oxygen atoms in total. The van der Waals surface area contributed by atoms with E-state index < -0.39 is 0 Å². The first kappa shape index (κ1) is 11.5. The van der Waals surface area contributed by atoms with Gasteiger partial charge in [0.2, 0.25) is 0 Å². The van der Waals surface area contributed by atoms with Crippen LogP contribution in [0.4, 0.5) is 0 Å². The predicted molar refractivity (Wildman–Crippen MR) is 65.7 cm³/mol. The quantitative estimate of drug-likeness (QED) is 0.724. The van der Waals surface area contributed by atoms with Gasteiger partial charge in [0.15, 0.2) is 0 Å². The molecule has 1 atom stereocenters. The molecule has 2 rings (SSSR count). The molecule has 1 heterocycles. The van der Waals surface area contributed by atoms with Crippen LogP contribution in [0.25, 0.3) is 0 Å². The summed E-state index contributed by atoms with van der Waals surface area (Å²) < 4.78 is 0. The van der Waals surface area contributed by atoms with Crippen LogP contribution in [0.2, 0.25) is 0 Å².